The second-order valence-electron chi connectivity index (χ2n) is 7.10. The second kappa shape index (κ2) is 8.19. The Bertz CT molecular complexity index is 773. The number of aromatic nitrogens is 2. The minimum Gasteiger partial charge on any atom is -0.425 e. The van der Waals surface area contributed by atoms with Crippen LogP contribution in [0.5, 0.6) is 5.75 Å². The first-order valence-corrected chi connectivity index (χ1v) is 9.58. The van der Waals surface area contributed by atoms with Crippen molar-refractivity contribution in [2.45, 2.75) is 38.7 Å². The average Bonchev–Trinajstić information content (AvgIpc) is 3.34. The number of aryl methyl sites for hydroxylation is 1. The van der Waals surface area contributed by atoms with E-state index < -0.39 is 6.10 Å². The summed E-state index contributed by atoms with van der Waals surface area (Å²) in [5.41, 5.74) is 0.822. The lowest BCUT2D eigenvalue weighted by molar-refractivity contribution is -0.146. The van der Waals surface area contributed by atoms with Gasteiger partial charge in [-0.05, 0) is 37.1 Å². The summed E-state index contributed by atoms with van der Waals surface area (Å²) in [5.74, 6) is 1.82. The molecule has 0 aliphatic carbocycles. The third-order valence-electron chi connectivity index (χ3n) is 5.19. The molecule has 27 heavy (non-hydrogen) atoms. The van der Waals surface area contributed by atoms with Gasteiger partial charge in [0.15, 0.2) is 6.10 Å². The zero-order valence-electron chi connectivity index (χ0n) is 15.4. The Hall–Kier alpha value is -2.25. The number of rotatable bonds is 6. The summed E-state index contributed by atoms with van der Waals surface area (Å²) in [6, 6.07) is 7.13. The summed E-state index contributed by atoms with van der Waals surface area (Å²) in [4.78, 5) is 16.9. The van der Waals surface area contributed by atoms with Crippen molar-refractivity contribution in [2.24, 2.45) is 11.8 Å². The fourth-order valence-electron chi connectivity index (χ4n) is 3.63. The number of nitrogens with zero attached hydrogens (tertiary/aromatic N) is 2. The van der Waals surface area contributed by atoms with E-state index >= 15 is 0 Å². The molecule has 0 N–H and O–H groups in total. The summed E-state index contributed by atoms with van der Waals surface area (Å²) in [6.07, 6.45) is 3.22. The zero-order chi connectivity index (χ0) is 18.6. The molecule has 2 saturated heterocycles. The molecule has 7 heteroatoms. The SMILES string of the molecule is CCCCc1nc(-c2ccc(OC(=O)C3OCC4COCCC43)cc2)no1. The number of hydrogen-bond acceptors (Lipinski definition) is 7. The molecule has 2 fully saturated rings. The van der Waals surface area contributed by atoms with Crippen LogP contribution in [-0.2, 0) is 20.7 Å². The minimum absolute atomic E-state index is 0.186. The van der Waals surface area contributed by atoms with E-state index in [1.165, 1.54) is 0 Å². The molecule has 0 radical (unpaired) electrons. The van der Waals surface area contributed by atoms with Gasteiger partial charge in [-0.15, -0.1) is 0 Å². The summed E-state index contributed by atoms with van der Waals surface area (Å²) in [7, 11) is 0. The van der Waals surface area contributed by atoms with Crippen LogP contribution in [0.4, 0.5) is 0 Å². The average molecular weight is 372 g/mol. The first-order chi connectivity index (χ1) is 13.2. The van der Waals surface area contributed by atoms with Crippen LogP contribution in [0, 0.1) is 11.8 Å². The lowest BCUT2D eigenvalue weighted by Crippen LogP contribution is -2.36. The predicted molar refractivity (Wildman–Crippen MR) is 96.1 cm³/mol. The monoisotopic (exact) mass is 372 g/mol. The van der Waals surface area contributed by atoms with Crippen molar-refractivity contribution >= 4 is 5.97 Å². The number of esters is 1. The van der Waals surface area contributed by atoms with Crippen molar-refractivity contribution in [1.82, 2.24) is 10.1 Å². The molecule has 3 unspecified atom stereocenters. The van der Waals surface area contributed by atoms with Crippen molar-refractivity contribution in [3.8, 4) is 17.1 Å². The highest BCUT2D eigenvalue weighted by Crippen LogP contribution is 2.34. The number of fused-ring (bicyclic) bond motifs is 1. The van der Waals surface area contributed by atoms with E-state index in [1.54, 1.807) is 12.1 Å². The van der Waals surface area contributed by atoms with Crippen molar-refractivity contribution in [1.29, 1.82) is 0 Å². The maximum Gasteiger partial charge on any atom is 0.340 e. The molecule has 2 aliphatic heterocycles. The van der Waals surface area contributed by atoms with Crippen molar-refractivity contribution in [2.75, 3.05) is 19.8 Å². The molecule has 0 amide bonds. The first-order valence-electron chi connectivity index (χ1n) is 9.58. The normalized spacial score (nSPS) is 24.6. The van der Waals surface area contributed by atoms with E-state index in [9.17, 15) is 4.79 Å². The predicted octanol–water partition coefficient (Wildman–Crippen LogP) is 3.04. The first kappa shape index (κ1) is 18.1. The van der Waals surface area contributed by atoms with Gasteiger partial charge in [0.05, 0.1) is 13.2 Å². The number of ether oxygens (including phenoxy) is 3. The Morgan fingerprint density at radius 2 is 2.11 bits per heavy atom. The summed E-state index contributed by atoms with van der Waals surface area (Å²) >= 11 is 0. The van der Waals surface area contributed by atoms with Gasteiger partial charge < -0.3 is 18.7 Å². The maximum atomic E-state index is 12.5. The van der Waals surface area contributed by atoms with Crippen LogP contribution in [0.2, 0.25) is 0 Å². The molecular weight excluding hydrogens is 348 g/mol. The Kier molecular flexibility index (Phi) is 5.50. The highest BCUT2D eigenvalue weighted by atomic mass is 16.6. The maximum absolute atomic E-state index is 12.5. The number of carbonyl (C=O) groups is 1. The van der Waals surface area contributed by atoms with E-state index in [1.807, 2.05) is 12.1 Å². The third-order valence-corrected chi connectivity index (χ3v) is 5.19. The smallest absolute Gasteiger partial charge is 0.340 e. The van der Waals surface area contributed by atoms with Gasteiger partial charge >= 0.3 is 5.97 Å². The van der Waals surface area contributed by atoms with Crippen LogP contribution < -0.4 is 4.74 Å². The van der Waals surface area contributed by atoms with Crippen LogP contribution in [0.3, 0.4) is 0 Å². The highest BCUT2D eigenvalue weighted by molar-refractivity contribution is 5.78. The van der Waals surface area contributed by atoms with Gasteiger partial charge in [-0.25, -0.2) is 4.79 Å². The fourth-order valence-corrected chi connectivity index (χ4v) is 3.63. The van der Waals surface area contributed by atoms with Crippen LogP contribution in [0.15, 0.2) is 28.8 Å². The fraction of sp³-hybridized carbons (Fsp3) is 0.550. The number of unbranched alkanes of at least 4 members (excludes halogenated alkanes) is 1. The van der Waals surface area contributed by atoms with E-state index in [0.29, 0.717) is 43.2 Å². The number of carbonyl (C=O) groups excluding carboxylic acids is 1. The molecule has 7 nitrogen and oxygen atoms in total. The lowest BCUT2D eigenvalue weighted by Gasteiger charge is -2.26. The number of benzene rings is 1. The van der Waals surface area contributed by atoms with Gasteiger partial charge in [0.2, 0.25) is 11.7 Å². The Balaban J connectivity index is 1.37. The molecule has 3 heterocycles. The highest BCUT2D eigenvalue weighted by Gasteiger charge is 2.44. The molecule has 2 aliphatic rings. The van der Waals surface area contributed by atoms with Crippen molar-refractivity contribution in [3.63, 3.8) is 0 Å². The quantitative estimate of drug-likeness (QED) is 0.569. The molecule has 1 aromatic heterocycles. The molecule has 1 aromatic carbocycles. The van der Waals surface area contributed by atoms with Crippen molar-refractivity contribution < 1.29 is 23.5 Å². The van der Waals surface area contributed by atoms with Gasteiger partial charge in [0, 0.05) is 30.4 Å². The second-order valence-corrected chi connectivity index (χ2v) is 7.10. The molecule has 0 bridgehead atoms. The molecular formula is C20H24N2O5. The Morgan fingerprint density at radius 1 is 1.26 bits per heavy atom. The summed E-state index contributed by atoms with van der Waals surface area (Å²) < 4.78 is 21.9. The minimum atomic E-state index is -0.503. The topological polar surface area (TPSA) is 83.7 Å². The van der Waals surface area contributed by atoms with Crippen molar-refractivity contribution in [3.05, 3.63) is 30.2 Å². The zero-order valence-corrected chi connectivity index (χ0v) is 15.4. The molecule has 2 aromatic rings. The van der Waals surface area contributed by atoms with Gasteiger partial charge in [0.25, 0.3) is 0 Å². The van der Waals surface area contributed by atoms with Crippen LogP contribution in [-0.4, -0.2) is 42.0 Å². The molecule has 4 rings (SSSR count). The van der Waals surface area contributed by atoms with Gasteiger partial charge in [-0.3, -0.25) is 0 Å². The van der Waals surface area contributed by atoms with E-state index in [4.69, 9.17) is 18.7 Å². The van der Waals surface area contributed by atoms with Gasteiger partial charge in [-0.1, -0.05) is 18.5 Å². The molecule has 144 valence electrons. The molecule has 0 spiro atoms. The Morgan fingerprint density at radius 3 is 2.93 bits per heavy atom. The molecule has 0 saturated carbocycles. The van der Waals surface area contributed by atoms with Crippen LogP contribution in [0.1, 0.15) is 32.1 Å². The largest absolute Gasteiger partial charge is 0.425 e. The standard InChI is InChI=1S/C20H24N2O5/c1-2-3-4-17-21-19(22-27-17)13-5-7-15(8-6-13)26-20(23)18-16-9-10-24-11-14(16)12-25-18/h5-8,14,16,18H,2-4,9-12H2,1H3. The van der Waals surface area contributed by atoms with E-state index in [0.717, 1.165) is 31.2 Å². The van der Waals surface area contributed by atoms with Gasteiger partial charge in [0.1, 0.15) is 5.75 Å². The van der Waals surface area contributed by atoms with Crippen LogP contribution in [0.25, 0.3) is 11.4 Å². The van der Waals surface area contributed by atoms with Gasteiger partial charge in [-0.2, -0.15) is 4.98 Å². The van der Waals surface area contributed by atoms with E-state index in [2.05, 4.69) is 17.1 Å². The van der Waals surface area contributed by atoms with E-state index in [-0.39, 0.29) is 11.9 Å². The summed E-state index contributed by atoms with van der Waals surface area (Å²) in [6.45, 7) is 4.01. The number of hydrogen-bond donors (Lipinski definition) is 0. The summed E-state index contributed by atoms with van der Waals surface area (Å²) in [5, 5.41) is 4.01. The van der Waals surface area contributed by atoms with Crippen LogP contribution >= 0.6 is 0 Å². The molecule has 3 atom stereocenters. The Labute approximate surface area is 158 Å². The lowest BCUT2D eigenvalue weighted by atomic mass is 9.87. The third kappa shape index (κ3) is 4.04.